The summed E-state index contributed by atoms with van der Waals surface area (Å²) >= 11 is 1.47. The third-order valence-electron chi connectivity index (χ3n) is 2.90. The fourth-order valence-corrected chi connectivity index (χ4v) is 2.80. The molecule has 0 atom stereocenters. The van der Waals surface area contributed by atoms with Crippen molar-refractivity contribution in [3.63, 3.8) is 0 Å². The SMILES string of the molecule is O=C(O)c1ccc(SCc2ccnc3ccccc23)o1. The number of benzene rings is 1. The highest BCUT2D eigenvalue weighted by Gasteiger charge is 2.10. The van der Waals surface area contributed by atoms with Crippen LogP contribution in [0.2, 0.25) is 0 Å². The standard InChI is InChI=1S/C15H11NO3S/c17-15(18)13-5-6-14(19-13)20-9-10-7-8-16-12-4-2-1-3-11(10)12/h1-8H,9H2,(H,17,18). The molecule has 20 heavy (non-hydrogen) atoms. The van der Waals surface area contributed by atoms with Crippen LogP contribution in [-0.4, -0.2) is 16.1 Å². The summed E-state index contributed by atoms with van der Waals surface area (Å²) in [5.74, 6) is -0.381. The Hall–Kier alpha value is -2.27. The van der Waals surface area contributed by atoms with Crippen LogP contribution >= 0.6 is 11.8 Å². The van der Waals surface area contributed by atoms with Crippen molar-refractivity contribution in [2.45, 2.75) is 10.8 Å². The monoisotopic (exact) mass is 285 g/mol. The third kappa shape index (κ3) is 2.53. The minimum atomic E-state index is -1.05. The van der Waals surface area contributed by atoms with Gasteiger partial charge in [0.2, 0.25) is 5.76 Å². The number of carbonyl (C=O) groups is 1. The van der Waals surface area contributed by atoms with Crippen LogP contribution in [0.4, 0.5) is 0 Å². The number of hydrogen-bond donors (Lipinski definition) is 1. The number of carboxylic acids is 1. The predicted molar refractivity (Wildman–Crippen MR) is 77.0 cm³/mol. The number of hydrogen-bond acceptors (Lipinski definition) is 4. The van der Waals surface area contributed by atoms with Gasteiger partial charge < -0.3 is 9.52 Å². The molecule has 100 valence electrons. The van der Waals surface area contributed by atoms with Gasteiger partial charge in [-0.05, 0) is 29.8 Å². The van der Waals surface area contributed by atoms with Gasteiger partial charge in [0.05, 0.1) is 5.52 Å². The highest BCUT2D eigenvalue weighted by molar-refractivity contribution is 7.98. The number of pyridine rings is 1. The molecule has 2 heterocycles. The topological polar surface area (TPSA) is 63.3 Å². The Balaban J connectivity index is 1.81. The highest BCUT2D eigenvalue weighted by atomic mass is 32.2. The number of nitrogens with zero attached hydrogens (tertiary/aromatic N) is 1. The lowest BCUT2D eigenvalue weighted by molar-refractivity contribution is 0.0656. The summed E-state index contributed by atoms with van der Waals surface area (Å²) in [6, 6.07) is 13.1. The van der Waals surface area contributed by atoms with Crippen LogP contribution in [0.15, 0.2) is 58.2 Å². The van der Waals surface area contributed by atoms with E-state index in [0.717, 1.165) is 16.5 Å². The molecule has 0 aliphatic carbocycles. The van der Waals surface area contributed by atoms with Crippen LogP contribution in [0.25, 0.3) is 10.9 Å². The van der Waals surface area contributed by atoms with Gasteiger partial charge >= 0.3 is 5.97 Å². The second-order valence-corrected chi connectivity index (χ2v) is 5.18. The van der Waals surface area contributed by atoms with Gasteiger partial charge in [-0.2, -0.15) is 0 Å². The van der Waals surface area contributed by atoms with E-state index >= 15 is 0 Å². The Morgan fingerprint density at radius 2 is 2.05 bits per heavy atom. The van der Waals surface area contributed by atoms with Crippen LogP contribution < -0.4 is 0 Å². The maximum absolute atomic E-state index is 10.8. The second kappa shape index (κ2) is 5.38. The van der Waals surface area contributed by atoms with Crippen molar-refractivity contribution in [1.29, 1.82) is 0 Å². The smallest absolute Gasteiger partial charge is 0.371 e. The number of fused-ring (bicyclic) bond motifs is 1. The Morgan fingerprint density at radius 3 is 2.85 bits per heavy atom. The average Bonchev–Trinajstić information content (AvgIpc) is 2.94. The summed E-state index contributed by atoms with van der Waals surface area (Å²) in [5, 5.41) is 10.5. The van der Waals surface area contributed by atoms with Gasteiger partial charge in [-0.3, -0.25) is 4.98 Å². The summed E-state index contributed by atoms with van der Waals surface area (Å²) in [6.45, 7) is 0. The number of carboxylic acid groups (broad SMARTS) is 1. The van der Waals surface area contributed by atoms with E-state index in [1.807, 2.05) is 30.3 Å². The maximum Gasteiger partial charge on any atom is 0.371 e. The van der Waals surface area contributed by atoms with Crippen LogP contribution in [0.3, 0.4) is 0 Å². The lowest BCUT2D eigenvalue weighted by Gasteiger charge is -2.04. The second-order valence-electron chi connectivity index (χ2n) is 4.20. The van der Waals surface area contributed by atoms with Gasteiger partial charge in [0.15, 0.2) is 5.09 Å². The number of aromatic carboxylic acids is 1. The minimum absolute atomic E-state index is 0.0351. The normalized spacial score (nSPS) is 10.8. The maximum atomic E-state index is 10.8. The molecule has 0 radical (unpaired) electrons. The number of aromatic nitrogens is 1. The fourth-order valence-electron chi connectivity index (χ4n) is 1.94. The summed E-state index contributed by atoms with van der Waals surface area (Å²) in [5.41, 5.74) is 2.10. The zero-order chi connectivity index (χ0) is 13.9. The molecule has 1 N–H and O–H groups in total. The lowest BCUT2D eigenvalue weighted by Crippen LogP contribution is -1.91. The van der Waals surface area contributed by atoms with Crippen molar-refractivity contribution in [3.8, 4) is 0 Å². The van der Waals surface area contributed by atoms with E-state index in [1.54, 1.807) is 12.3 Å². The first kappa shape index (κ1) is 12.7. The van der Waals surface area contributed by atoms with E-state index in [4.69, 9.17) is 9.52 Å². The number of para-hydroxylation sites is 1. The van der Waals surface area contributed by atoms with Gasteiger partial charge in [-0.25, -0.2) is 4.79 Å². The summed E-state index contributed by atoms with van der Waals surface area (Å²) in [4.78, 5) is 15.1. The van der Waals surface area contributed by atoms with Gasteiger partial charge in [-0.15, -0.1) is 0 Å². The molecule has 1 aromatic carbocycles. The zero-order valence-corrected chi connectivity index (χ0v) is 11.3. The molecule has 3 aromatic rings. The molecule has 5 heteroatoms. The van der Waals surface area contributed by atoms with Gasteiger partial charge in [0.1, 0.15) is 0 Å². The first-order valence-electron chi connectivity index (χ1n) is 6.02. The molecular weight excluding hydrogens is 274 g/mol. The molecule has 0 unspecified atom stereocenters. The van der Waals surface area contributed by atoms with Crippen molar-refractivity contribution in [3.05, 3.63) is 60.0 Å². The highest BCUT2D eigenvalue weighted by Crippen LogP contribution is 2.27. The zero-order valence-electron chi connectivity index (χ0n) is 10.4. The minimum Gasteiger partial charge on any atom is -0.475 e. The molecule has 0 amide bonds. The molecule has 0 aliphatic rings. The van der Waals surface area contributed by atoms with E-state index in [-0.39, 0.29) is 5.76 Å². The Morgan fingerprint density at radius 1 is 1.20 bits per heavy atom. The van der Waals surface area contributed by atoms with E-state index in [2.05, 4.69) is 4.98 Å². The number of furan rings is 1. The molecular formula is C15H11NO3S. The van der Waals surface area contributed by atoms with Crippen molar-refractivity contribution in [2.75, 3.05) is 0 Å². The summed E-state index contributed by atoms with van der Waals surface area (Å²) in [6.07, 6.45) is 1.78. The molecule has 0 fully saturated rings. The van der Waals surface area contributed by atoms with E-state index in [9.17, 15) is 4.79 Å². The summed E-state index contributed by atoms with van der Waals surface area (Å²) < 4.78 is 5.23. The number of rotatable bonds is 4. The van der Waals surface area contributed by atoms with Gasteiger partial charge in [0.25, 0.3) is 0 Å². The molecule has 3 rings (SSSR count). The molecule has 2 aromatic heterocycles. The van der Waals surface area contributed by atoms with E-state index in [0.29, 0.717) is 10.8 Å². The molecule has 0 aliphatic heterocycles. The predicted octanol–water partition coefficient (Wildman–Crippen LogP) is 3.82. The Labute approximate surface area is 119 Å². The van der Waals surface area contributed by atoms with Gasteiger partial charge in [0, 0.05) is 17.3 Å². The third-order valence-corrected chi connectivity index (χ3v) is 3.86. The van der Waals surface area contributed by atoms with Gasteiger partial charge in [-0.1, -0.05) is 30.0 Å². The van der Waals surface area contributed by atoms with E-state index in [1.165, 1.54) is 17.8 Å². The van der Waals surface area contributed by atoms with Crippen molar-refractivity contribution >= 4 is 28.6 Å². The Bertz CT molecular complexity index is 761. The molecule has 0 saturated heterocycles. The van der Waals surface area contributed by atoms with Crippen LogP contribution in [0.5, 0.6) is 0 Å². The quantitative estimate of drug-likeness (QED) is 0.738. The molecule has 0 bridgehead atoms. The summed E-state index contributed by atoms with van der Waals surface area (Å²) in [7, 11) is 0. The van der Waals surface area contributed by atoms with Crippen LogP contribution in [-0.2, 0) is 5.75 Å². The lowest BCUT2D eigenvalue weighted by atomic mass is 10.1. The van der Waals surface area contributed by atoms with E-state index < -0.39 is 5.97 Å². The van der Waals surface area contributed by atoms with Crippen molar-refractivity contribution < 1.29 is 14.3 Å². The molecule has 0 saturated carbocycles. The van der Waals surface area contributed by atoms with Crippen molar-refractivity contribution in [2.24, 2.45) is 0 Å². The Kier molecular flexibility index (Phi) is 3.43. The number of thioether (sulfide) groups is 1. The largest absolute Gasteiger partial charge is 0.475 e. The molecule has 0 spiro atoms. The first-order valence-corrected chi connectivity index (χ1v) is 7.01. The van der Waals surface area contributed by atoms with Crippen LogP contribution in [0.1, 0.15) is 16.1 Å². The average molecular weight is 285 g/mol. The fraction of sp³-hybridized carbons (Fsp3) is 0.0667. The van der Waals surface area contributed by atoms with Crippen molar-refractivity contribution in [1.82, 2.24) is 4.98 Å². The first-order chi connectivity index (χ1) is 9.74. The van der Waals surface area contributed by atoms with Crippen LogP contribution in [0, 0.1) is 0 Å². The molecule has 4 nitrogen and oxygen atoms in total.